The standard InChI is InChI=1S/C26H23IN2O7S/c1-5-34-25(31)21-13(2)28-26-29(22(21)15-6-7-17-18(11-15)36-12-35-17)24(30)20(37-26)10-14-8-16(27)23(33-4)19(9-14)32-3/h6-11,22H,5,12H2,1-4H3/b20-10+. The lowest BCUT2D eigenvalue weighted by molar-refractivity contribution is -0.139. The van der Waals surface area contributed by atoms with Crippen molar-refractivity contribution in [1.29, 1.82) is 0 Å². The molecule has 0 saturated carbocycles. The lowest BCUT2D eigenvalue weighted by Crippen LogP contribution is -2.39. The fraction of sp³-hybridized carbons (Fsp3) is 0.269. The smallest absolute Gasteiger partial charge is 0.338 e. The zero-order valence-electron chi connectivity index (χ0n) is 20.5. The largest absolute Gasteiger partial charge is 0.493 e. The second-order valence-electron chi connectivity index (χ2n) is 8.15. The van der Waals surface area contributed by atoms with E-state index in [0.717, 1.165) is 9.13 Å². The van der Waals surface area contributed by atoms with Crippen LogP contribution in [0.3, 0.4) is 0 Å². The van der Waals surface area contributed by atoms with Crippen LogP contribution in [0.4, 0.5) is 0 Å². The summed E-state index contributed by atoms with van der Waals surface area (Å²) >= 11 is 3.42. The number of thiazole rings is 1. The molecule has 3 heterocycles. The van der Waals surface area contributed by atoms with Crippen molar-refractivity contribution in [3.63, 3.8) is 0 Å². The van der Waals surface area contributed by atoms with Gasteiger partial charge in [-0.15, -0.1) is 0 Å². The van der Waals surface area contributed by atoms with Gasteiger partial charge in [-0.3, -0.25) is 9.36 Å². The molecule has 0 saturated heterocycles. The molecule has 0 radical (unpaired) electrons. The third-order valence-electron chi connectivity index (χ3n) is 5.98. The van der Waals surface area contributed by atoms with Crippen LogP contribution in [0.2, 0.25) is 0 Å². The molecule has 5 rings (SSSR count). The Labute approximate surface area is 229 Å². The SMILES string of the molecule is CCOC(=O)C1=C(C)N=c2s/c(=C/c3cc(I)c(OC)c(OC)c3)c(=O)n2C1c1ccc2c(c1)OCO2. The van der Waals surface area contributed by atoms with E-state index < -0.39 is 12.0 Å². The highest BCUT2D eigenvalue weighted by Crippen LogP contribution is 2.38. The minimum atomic E-state index is -0.738. The maximum atomic E-state index is 13.8. The van der Waals surface area contributed by atoms with Crippen LogP contribution in [0.15, 0.2) is 51.4 Å². The fourth-order valence-electron chi connectivity index (χ4n) is 4.36. The van der Waals surface area contributed by atoms with Crippen LogP contribution in [0.5, 0.6) is 23.0 Å². The molecule has 11 heteroatoms. The molecule has 1 aromatic heterocycles. The fourth-order valence-corrected chi connectivity index (χ4v) is 6.25. The molecular weight excluding hydrogens is 611 g/mol. The summed E-state index contributed by atoms with van der Waals surface area (Å²) in [6, 6.07) is 8.37. The number of halogens is 1. The second-order valence-corrected chi connectivity index (χ2v) is 10.3. The molecule has 2 aromatic carbocycles. The Balaban J connectivity index is 1.71. The average molecular weight is 634 g/mol. The van der Waals surface area contributed by atoms with Gasteiger partial charge in [0.1, 0.15) is 0 Å². The van der Waals surface area contributed by atoms with E-state index >= 15 is 0 Å². The highest BCUT2D eigenvalue weighted by Gasteiger charge is 2.34. The van der Waals surface area contributed by atoms with Crippen molar-refractivity contribution in [1.82, 2.24) is 4.57 Å². The second kappa shape index (κ2) is 10.2. The van der Waals surface area contributed by atoms with Gasteiger partial charge in [-0.25, -0.2) is 9.79 Å². The molecule has 0 N–H and O–H groups in total. The number of methoxy groups -OCH3 is 2. The molecule has 1 unspecified atom stereocenters. The molecule has 2 aliphatic heterocycles. The lowest BCUT2D eigenvalue weighted by Gasteiger charge is -2.24. The van der Waals surface area contributed by atoms with Crippen molar-refractivity contribution in [2.45, 2.75) is 19.9 Å². The number of rotatable bonds is 6. The summed E-state index contributed by atoms with van der Waals surface area (Å²) < 4.78 is 30.1. The zero-order chi connectivity index (χ0) is 26.3. The minimum Gasteiger partial charge on any atom is -0.493 e. The molecule has 0 spiro atoms. The highest BCUT2D eigenvalue weighted by molar-refractivity contribution is 14.1. The van der Waals surface area contributed by atoms with Crippen LogP contribution < -0.4 is 33.8 Å². The topological polar surface area (TPSA) is 97.6 Å². The number of carbonyl (C=O) groups excluding carboxylic acids is 1. The van der Waals surface area contributed by atoms with E-state index in [9.17, 15) is 9.59 Å². The first-order valence-electron chi connectivity index (χ1n) is 11.4. The number of nitrogens with zero attached hydrogens (tertiary/aromatic N) is 2. The summed E-state index contributed by atoms with van der Waals surface area (Å²) in [4.78, 5) is 32.0. The van der Waals surface area contributed by atoms with Gasteiger partial charge in [0.15, 0.2) is 27.8 Å². The number of allylic oxidation sites excluding steroid dienone is 1. The zero-order valence-corrected chi connectivity index (χ0v) is 23.5. The van der Waals surface area contributed by atoms with E-state index in [1.165, 1.54) is 11.3 Å². The lowest BCUT2D eigenvalue weighted by atomic mass is 9.95. The molecule has 37 heavy (non-hydrogen) atoms. The third-order valence-corrected chi connectivity index (χ3v) is 7.77. The molecule has 1 atom stereocenters. The summed E-state index contributed by atoms with van der Waals surface area (Å²) in [7, 11) is 3.15. The van der Waals surface area contributed by atoms with Crippen LogP contribution >= 0.6 is 33.9 Å². The highest BCUT2D eigenvalue weighted by atomic mass is 127. The van der Waals surface area contributed by atoms with Crippen molar-refractivity contribution in [3.05, 3.63) is 76.0 Å². The van der Waals surface area contributed by atoms with E-state index in [-0.39, 0.29) is 19.0 Å². The Bertz CT molecular complexity index is 1620. The number of fused-ring (bicyclic) bond motifs is 2. The van der Waals surface area contributed by atoms with E-state index in [0.29, 0.717) is 49.2 Å². The van der Waals surface area contributed by atoms with Gasteiger partial charge in [-0.1, -0.05) is 17.4 Å². The average Bonchev–Trinajstić information content (AvgIpc) is 3.46. The van der Waals surface area contributed by atoms with Crippen LogP contribution in [0, 0.1) is 3.57 Å². The maximum absolute atomic E-state index is 13.8. The van der Waals surface area contributed by atoms with Crippen LogP contribution in [-0.4, -0.2) is 38.2 Å². The van der Waals surface area contributed by atoms with Gasteiger partial charge >= 0.3 is 5.97 Å². The predicted molar refractivity (Wildman–Crippen MR) is 145 cm³/mol. The van der Waals surface area contributed by atoms with Crippen molar-refractivity contribution >= 4 is 46.0 Å². The van der Waals surface area contributed by atoms with Gasteiger partial charge in [0, 0.05) is 0 Å². The molecule has 0 bridgehead atoms. The molecule has 9 nitrogen and oxygen atoms in total. The molecule has 0 fully saturated rings. The minimum absolute atomic E-state index is 0.116. The Morgan fingerprint density at radius 2 is 2.00 bits per heavy atom. The summed E-state index contributed by atoms with van der Waals surface area (Å²) in [5.74, 6) is 1.83. The first-order chi connectivity index (χ1) is 17.9. The van der Waals surface area contributed by atoms with Crippen LogP contribution in [0.1, 0.15) is 31.0 Å². The van der Waals surface area contributed by atoms with Crippen molar-refractivity contribution in [2.75, 3.05) is 27.6 Å². The first kappa shape index (κ1) is 25.3. The number of ether oxygens (including phenoxy) is 5. The molecule has 192 valence electrons. The number of benzene rings is 2. The monoisotopic (exact) mass is 634 g/mol. The molecule has 3 aromatic rings. The Morgan fingerprint density at radius 3 is 2.73 bits per heavy atom. The van der Waals surface area contributed by atoms with Crippen molar-refractivity contribution in [2.24, 2.45) is 4.99 Å². The quantitative estimate of drug-likeness (QED) is 0.304. The summed E-state index contributed by atoms with van der Waals surface area (Å²) in [5.41, 5.74) is 1.99. The molecular formula is C26H23IN2O7S. The van der Waals surface area contributed by atoms with Gasteiger partial charge in [-0.2, -0.15) is 0 Å². The summed E-state index contributed by atoms with van der Waals surface area (Å²) in [6.45, 7) is 3.81. The van der Waals surface area contributed by atoms with Crippen molar-refractivity contribution < 1.29 is 28.5 Å². The number of esters is 1. The van der Waals surface area contributed by atoms with Crippen LogP contribution in [0.25, 0.3) is 6.08 Å². The van der Waals surface area contributed by atoms with Gasteiger partial charge in [0.25, 0.3) is 5.56 Å². The predicted octanol–water partition coefficient (Wildman–Crippen LogP) is 3.15. The van der Waals surface area contributed by atoms with Gasteiger partial charge < -0.3 is 23.7 Å². The number of carbonyl (C=O) groups is 1. The number of hydrogen-bond acceptors (Lipinski definition) is 9. The van der Waals surface area contributed by atoms with E-state index in [2.05, 4.69) is 27.6 Å². The van der Waals surface area contributed by atoms with E-state index in [4.69, 9.17) is 23.7 Å². The third kappa shape index (κ3) is 4.50. The first-order valence-corrected chi connectivity index (χ1v) is 13.3. The summed E-state index contributed by atoms with van der Waals surface area (Å²) in [6.07, 6.45) is 1.79. The molecule has 0 amide bonds. The van der Waals surface area contributed by atoms with E-state index in [1.807, 2.05) is 18.2 Å². The van der Waals surface area contributed by atoms with Gasteiger partial charge in [0.2, 0.25) is 6.79 Å². The van der Waals surface area contributed by atoms with Crippen LogP contribution in [-0.2, 0) is 9.53 Å². The Hall–Kier alpha value is -3.32. The number of hydrogen-bond donors (Lipinski definition) is 0. The normalized spacial score (nSPS) is 16.4. The molecule has 2 aliphatic rings. The Kier molecular flexibility index (Phi) is 6.99. The summed E-state index contributed by atoms with van der Waals surface area (Å²) in [5, 5.41) is 0. The van der Waals surface area contributed by atoms with Gasteiger partial charge in [0.05, 0.1) is 46.2 Å². The van der Waals surface area contributed by atoms with Gasteiger partial charge in [-0.05, 0) is 77.9 Å². The van der Waals surface area contributed by atoms with E-state index in [1.54, 1.807) is 50.8 Å². The Morgan fingerprint density at radius 1 is 1.22 bits per heavy atom. The van der Waals surface area contributed by atoms with Crippen molar-refractivity contribution in [3.8, 4) is 23.0 Å². The maximum Gasteiger partial charge on any atom is 0.338 e. The molecule has 0 aliphatic carbocycles. The number of aromatic nitrogens is 1.